The molecule has 5 heteroatoms. The standard InChI is InChI=1S/C12H16N2O3/c1-2-12-9-13(7-8-17-12)10-3-5-11(6-4-10)14(15)16/h3-6,12H,2,7-9H2,1H3/t12-/m1/s1. The van der Waals surface area contributed by atoms with Crippen LogP contribution in [0.4, 0.5) is 11.4 Å². The molecule has 0 saturated carbocycles. The first-order valence-corrected chi connectivity index (χ1v) is 5.81. The summed E-state index contributed by atoms with van der Waals surface area (Å²) in [6.07, 6.45) is 1.25. The molecule has 5 nitrogen and oxygen atoms in total. The van der Waals surface area contributed by atoms with Crippen LogP contribution >= 0.6 is 0 Å². The predicted molar refractivity (Wildman–Crippen MR) is 65.3 cm³/mol. The second kappa shape index (κ2) is 5.14. The normalized spacial score (nSPS) is 20.3. The van der Waals surface area contributed by atoms with Gasteiger partial charge in [-0.15, -0.1) is 0 Å². The van der Waals surface area contributed by atoms with Crippen LogP contribution in [0, 0.1) is 10.1 Å². The van der Waals surface area contributed by atoms with Crippen molar-refractivity contribution in [2.75, 3.05) is 24.6 Å². The Hall–Kier alpha value is -1.62. The summed E-state index contributed by atoms with van der Waals surface area (Å²) in [4.78, 5) is 12.4. The number of nitrogens with zero attached hydrogens (tertiary/aromatic N) is 2. The van der Waals surface area contributed by atoms with E-state index in [0.29, 0.717) is 0 Å². The van der Waals surface area contributed by atoms with E-state index in [9.17, 15) is 10.1 Å². The summed E-state index contributed by atoms with van der Waals surface area (Å²) >= 11 is 0. The number of ether oxygens (including phenoxy) is 1. The van der Waals surface area contributed by atoms with Crippen molar-refractivity contribution in [3.63, 3.8) is 0 Å². The topological polar surface area (TPSA) is 55.6 Å². The molecule has 1 fully saturated rings. The summed E-state index contributed by atoms with van der Waals surface area (Å²) < 4.78 is 5.59. The zero-order valence-corrected chi connectivity index (χ0v) is 9.83. The van der Waals surface area contributed by atoms with Gasteiger partial charge in [0, 0.05) is 30.9 Å². The van der Waals surface area contributed by atoms with E-state index in [0.717, 1.165) is 31.8 Å². The minimum absolute atomic E-state index is 0.133. The molecule has 0 aromatic heterocycles. The van der Waals surface area contributed by atoms with Crippen LogP contribution in [0.25, 0.3) is 0 Å². The molecule has 2 rings (SSSR count). The van der Waals surface area contributed by atoms with E-state index >= 15 is 0 Å². The molecule has 92 valence electrons. The fourth-order valence-corrected chi connectivity index (χ4v) is 1.99. The van der Waals surface area contributed by atoms with E-state index < -0.39 is 0 Å². The Balaban J connectivity index is 2.08. The third kappa shape index (κ3) is 2.74. The van der Waals surface area contributed by atoms with Gasteiger partial charge in [0.15, 0.2) is 0 Å². The zero-order chi connectivity index (χ0) is 12.3. The largest absolute Gasteiger partial charge is 0.375 e. The van der Waals surface area contributed by atoms with Crippen molar-refractivity contribution in [2.45, 2.75) is 19.4 Å². The highest BCUT2D eigenvalue weighted by molar-refractivity contribution is 5.51. The highest BCUT2D eigenvalue weighted by Crippen LogP contribution is 2.21. The van der Waals surface area contributed by atoms with Crippen molar-refractivity contribution in [3.05, 3.63) is 34.4 Å². The summed E-state index contributed by atoms with van der Waals surface area (Å²) in [5.74, 6) is 0. The van der Waals surface area contributed by atoms with Gasteiger partial charge < -0.3 is 9.64 Å². The highest BCUT2D eigenvalue weighted by atomic mass is 16.6. The Morgan fingerprint density at radius 2 is 2.18 bits per heavy atom. The third-order valence-electron chi connectivity index (χ3n) is 3.02. The molecule has 1 aromatic rings. The van der Waals surface area contributed by atoms with Gasteiger partial charge in [0.05, 0.1) is 17.6 Å². The van der Waals surface area contributed by atoms with Crippen LogP contribution in [0.15, 0.2) is 24.3 Å². The van der Waals surface area contributed by atoms with Gasteiger partial charge in [-0.2, -0.15) is 0 Å². The number of nitro groups is 1. The van der Waals surface area contributed by atoms with Gasteiger partial charge >= 0.3 is 0 Å². The molecule has 0 unspecified atom stereocenters. The second-order valence-electron chi connectivity index (χ2n) is 4.12. The van der Waals surface area contributed by atoms with Crippen LogP contribution in [0.3, 0.4) is 0 Å². The lowest BCUT2D eigenvalue weighted by Gasteiger charge is -2.34. The van der Waals surface area contributed by atoms with Crippen LogP contribution in [-0.2, 0) is 4.74 Å². The lowest BCUT2D eigenvalue weighted by molar-refractivity contribution is -0.384. The number of rotatable bonds is 3. The molecular formula is C12H16N2O3. The predicted octanol–water partition coefficient (Wildman–Crippen LogP) is 2.21. The van der Waals surface area contributed by atoms with Crippen molar-refractivity contribution < 1.29 is 9.66 Å². The van der Waals surface area contributed by atoms with Crippen LogP contribution in [0.2, 0.25) is 0 Å². The lowest BCUT2D eigenvalue weighted by Crippen LogP contribution is -2.42. The summed E-state index contributed by atoms with van der Waals surface area (Å²) in [5.41, 5.74) is 1.16. The Bertz CT molecular complexity index is 391. The Labute approximate surface area is 100 Å². The van der Waals surface area contributed by atoms with Gasteiger partial charge in [-0.25, -0.2) is 0 Å². The van der Waals surface area contributed by atoms with E-state index in [1.165, 1.54) is 0 Å². The summed E-state index contributed by atoms with van der Waals surface area (Å²) in [7, 11) is 0. The van der Waals surface area contributed by atoms with Gasteiger partial charge in [-0.3, -0.25) is 10.1 Å². The van der Waals surface area contributed by atoms with Crippen molar-refractivity contribution in [2.24, 2.45) is 0 Å². The minimum Gasteiger partial charge on any atom is -0.375 e. The molecule has 1 saturated heterocycles. The number of benzene rings is 1. The lowest BCUT2D eigenvalue weighted by atomic mass is 10.2. The van der Waals surface area contributed by atoms with Crippen molar-refractivity contribution in [1.29, 1.82) is 0 Å². The van der Waals surface area contributed by atoms with Gasteiger partial charge in [0.1, 0.15) is 0 Å². The van der Waals surface area contributed by atoms with Gasteiger partial charge in [0.25, 0.3) is 5.69 Å². The maximum atomic E-state index is 10.6. The molecule has 1 aromatic carbocycles. The zero-order valence-electron chi connectivity index (χ0n) is 9.83. The first-order valence-electron chi connectivity index (χ1n) is 5.81. The Kier molecular flexibility index (Phi) is 3.58. The van der Waals surface area contributed by atoms with Gasteiger partial charge in [-0.1, -0.05) is 6.92 Å². The number of non-ortho nitro benzene ring substituents is 1. The molecule has 1 aliphatic rings. The molecule has 1 heterocycles. The summed E-state index contributed by atoms with van der Waals surface area (Å²) in [6.45, 7) is 4.52. The highest BCUT2D eigenvalue weighted by Gasteiger charge is 2.19. The quantitative estimate of drug-likeness (QED) is 0.596. The Morgan fingerprint density at radius 1 is 1.47 bits per heavy atom. The smallest absolute Gasteiger partial charge is 0.269 e. The average molecular weight is 236 g/mol. The molecule has 1 aliphatic heterocycles. The minimum atomic E-state index is -0.377. The van der Waals surface area contributed by atoms with Crippen LogP contribution in [0.1, 0.15) is 13.3 Å². The SMILES string of the molecule is CC[C@@H]1CN(c2ccc([N+](=O)[O-])cc2)CCO1. The molecule has 0 amide bonds. The molecule has 0 N–H and O–H groups in total. The second-order valence-corrected chi connectivity index (χ2v) is 4.12. The van der Waals surface area contributed by atoms with Crippen LogP contribution < -0.4 is 4.90 Å². The molecule has 0 spiro atoms. The van der Waals surface area contributed by atoms with E-state index in [1.54, 1.807) is 24.3 Å². The van der Waals surface area contributed by atoms with Gasteiger partial charge in [-0.05, 0) is 18.6 Å². The maximum Gasteiger partial charge on any atom is 0.269 e. The van der Waals surface area contributed by atoms with E-state index in [2.05, 4.69) is 11.8 Å². The number of hydrogen-bond donors (Lipinski definition) is 0. The molecule has 0 radical (unpaired) electrons. The average Bonchev–Trinajstić information content (AvgIpc) is 2.39. The van der Waals surface area contributed by atoms with E-state index in [4.69, 9.17) is 4.74 Å². The fraction of sp³-hybridized carbons (Fsp3) is 0.500. The van der Waals surface area contributed by atoms with Crippen molar-refractivity contribution in [1.82, 2.24) is 0 Å². The summed E-state index contributed by atoms with van der Waals surface area (Å²) in [5, 5.41) is 10.6. The maximum absolute atomic E-state index is 10.6. The number of nitro benzene ring substituents is 1. The van der Waals surface area contributed by atoms with E-state index in [-0.39, 0.29) is 16.7 Å². The van der Waals surface area contributed by atoms with Gasteiger partial charge in [0.2, 0.25) is 0 Å². The number of hydrogen-bond acceptors (Lipinski definition) is 4. The molecule has 0 bridgehead atoms. The molecule has 17 heavy (non-hydrogen) atoms. The first kappa shape index (κ1) is 11.9. The van der Waals surface area contributed by atoms with Crippen molar-refractivity contribution >= 4 is 11.4 Å². The summed E-state index contributed by atoms with van der Waals surface area (Å²) in [6, 6.07) is 6.70. The van der Waals surface area contributed by atoms with E-state index in [1.807, 2.05) is 0 Å². The molecule has 0 aliphatic carbocycles. The van der Waals surface area contributed by atoms with Crippen LogP contribution in [-0.4, -0.2) is 30.7 Å². The number of morpholine rings is 1. The number of anilines is 1. The Morgan fingerprint density at radius 3 is 2.76 bits per heavy atom. The fourth-order valence-electron chi connectivity index (χ4n) is 1.99. The van der Waals surface area contributed by atoms with Crippen molar-refractivity contribution in [3.8, 4) is 0 Å². The third-order valence-corrected chi connectivity index (χ3v) is 3.02. The molecule has 1 atom stereocenters. The molecular weight excluding hydrogens is 220 g/mol. The first-order chi connectivity index (χ1) is 8.20. The monoisotopic (exact) mass is 236 g/mol. The van der Waals surface area contributed by atoms with Crippen LogP contribution in [0.5, 0.6) is 0 Å².